The number of hydrogen-bond donors (Lipinski definition) is 2. The Hall–Kier alpha value is -2.38. The zero-order chi connectivity index (χ0) is 18.2. The molecule has 0 unspecified atom stereocenters. The first-order valence-corrected chi connectivity index (χ1v) is 10.2. The number of aromatic nitrogens is 3. The van der Waals surface area contributed by atoms with Gasteiger partial charge in [-0.15, -0.1) is 16.4 Å². The van der Waals surface area contributed by atoms with Crippen LogP contribution in [0.25, 0.3) is 12.2 Å². The van der Waals surface area contributed by atoms with E-state index in [0.717, 1.165) is 12.0 Å². The SMILES string of the molecule is Cc1ccccc1/C=C/c1nc(SCC(=O)NCCc2cccs2)n[nH]1. The Labute approximate surface area is 161 Å². The standard InChI is InChI=1S/C19H20N4OS2/c1-14-5-2-3-6-15(14)8-9-17-21-19(23-22-17)26-13-18(24)20-11-10-16-7-4-12-25-16/h2-9,12H,10-11,13H2,1H3,(H,20,24)(H,21,22,23)/b9-8+. The van der Waals surface area contributed by atoms with Crippen LogP contribution in [0.5, 0.6) is 0 Å². The van der Waals surface area contributed by atoms with Crippen molar-refractivity contribution in [1.82, 2.24) is 20.5 Å². The van der Waals surface area contributed by atoms with Crippen LogP contribution in [0.15, 0.2) is 46.9 Å². The van der Waals surface area contributed by atoms with E-state index in [0.29, 0.717) is 23.3 Å². The minimum Gasteiger partial charge on any atom is -0.355 e. The van der Waals surface area contributed by atoms with E-state index in [-0.39, 0.29) is 5.91 Å². The Morgan fingerprint density at radius 3 is 2.96 bits per heavy atom. The maximum absolute atomic E-state index is 11.9. The van der Waals surface area contributed by atoms with Gasteiger partial charge in [0.05, 0.1) is 5.75 Å². The lowest BCUT2D eigenvalue weighted by atomic mass is 10.1. The number of nitrogens with zero attached hydrogens (tertiary/aromatic N) is 2. The summed E-state index contributed by atoms with van der Waals surface area (Å²) in [4.78, 5) is 17.5. The molecule has 1 amide bonds. The van der Waals surface area contributed by atoms with E-state index in [2.05, 4.69) is 45.6 Å². The predicted octanol–water partition coefficient (Wildman–Crippen LogP) is 3.80. The molecule has 7 heteroatoms. The molecule has 0 aliphatic carbocycles. The van der Waals surface area contributed by atoms with E-state index in [1.54, 1.807) is 11.3 Å². The number of carbonyl (C=O) groups excluding carboxylic acids is 1. The number of thioether (sulfide) groups is 1. The average Bonchev–Trinajstić information content (AvgIpc) is 3.31. The van der Waals surface area contributed by atoms with Crippen molar-refractivity contribution in [2.45, 2.75) is 18.5 Å². The van der Waals surface area contributed by atoms with Crippen molar-refractivity contribution in [1.29, 1.82) is 0 Å². The van der Waals surface area contributed by atoms with Gasteiger partial charge in [0.2, 0.25) is 11.1 Å². The van der Waals surface area contributed by atoms with Crippen molar-refractivity contribution in [3.63, 3.8) is 0 Å². The Balaban J connectivity index is 1.43. The summed E-state index contributed by atoms with van der Waals surface area (Å²) < 4.78 is 0. The topological polar surface area (TPSA) is 70.7 Å². The Morgan fingerprint density at radius 1 is 1.27 bits per heavy atom. The smallest absolute Gasteiger partial charge is 0.230 e. The molecule has 2 aromatic heterocycles. The summed E-state index contributed by atoms with van der Waals surface area (Å²) in [6.45, 7) is 2.72. The second kappa shape index (κ2) is 9.35. The third kappa shape index (κ3) is 5.57. The first-order valence-electron chi connectivity index (χ1n) is 8.29. The van der Waals surface area contributed by atoms with E-state index >= 15 is 0 Å². The van der Waals surface area contributed by atoms with Crippen LogP contribution in [0.3, 0.4) is 0 Å². The summed E-state index contributed by atoms with van der Waals surface area (Å²) in [5.41, 5.74) is 2.35. The van der Waals surface area contributed by atoms with Crippen LogP contribution >= 0.6 is 23.1 Å². The highest BCUT2D eigenvalue weighted by atomic mass is 32.2. The Bertz CT molecular complexity index is 871. The number of carbonyl (C=O) groups is 1. The molecule has 0 bridgehead atoms. The van der Waals surface area contributed by atoms with Crippen molar-refractivity contribution in [2.24, 2.45) is 0 Å². The number of rotatable bonds is 8. The van der Waals surface area contributed by atoms with Gasteiger partial charge in [-0.2, -0.15) is 0 Å². The van der Waals surface area contributed by atoms with E-state index in [1.165, 1.54) is 22.2 Å². The van der Waals surface area contributed by atoms with Gasteiger partial charge in [-0.3, -0.25) is 9.89 Å². The van der Waals surface area contributed by atoms with Gasteiger partial charge in [0.1, 0.15) is 5.82 Å². The van der Waals surface area contributed by atoms with Crippen molar-refractivity contribution in [3.8, 4) is 0 Å². The first kappa shape index (κ1) is 18.4. The molecule has 3 rings (SSSR count). The maximum atomic E-state index is 11.9. The summed E-state index contributed by atoms with van der Waals surface area (Å²) in [5.74, 6) is 0.977. The number of aromatic amines is 1. The molecule has 134 valence electrons. The largest absolute Gasteiger partial charge is 0.355 e. The average molecular weight is 385 g/mol. The van der Waals surface area contributed by atoms with Crippen LogP contribution in [-0.4, -0.2) is 33.4 Å². The molecule has 0 aliphatic rings. The number of amides is 1. The summed E-state index contributed by atoms with van der Waals surface area (Å²) in [7, 11) is 0. The van der Waals surface area contributed by atoms with E-state index in [1.807, 2.05) is 35.7 Å². The van der Waals surface area contributed by atoms with Crippen LogP contribution in [0.2, 0.25) is 0 Å². The van der Waals surface area contributed by atoms with Gasteiger partial charge in [-0.1, -0.05) is 48.2 Å². The fourth-order valence-corrected chi connectivity index (χ4v) is 3.65. The molecule has 3 aromatic rings. The van der Waals surface area contributed by atoms with Crippen LogP contribution < -0.4 is 5.32 Å². The molecule has 0 aliphatic heterocycles. The first-order chi connectivity index (χ1) is 12.7. The summed E-state index contributed by atoms with van der Waals surface area (Å²) in [5, 5.41) is 12.6. The van der Waals surface area contributed by atoms with Crippen molar-refractivity contribution in [2.75, 3.05) is 12.3 Å². The molecule has 0 spiro atoms. The van der Waals surface area contributed by atoms with Gasteiger partial charge in [-0.25, -0.2) is 4.98 Å². The minimum atomic E-state index is -0.00615. The van der Waals surface area contributed by atoms with Crippen LogP contribution in [-0.2, 0) is 11.2 Å². The number of hydrogen-bond acceptors (Lipinski definition) is 5. The van der Waals surface area contributed by atoms with Gasteiger partial charge in [0, 0.05) is 11.4 Å². The van der Waals surface area contributed by atoms with Crippen molar-refractivity contribution < 1.29 is 4.79 Å². The molecule has 0 atom stereocenters. The highest BCUT2D eigenvalue weighted by Crippen LogP contribution is 2.14. The lowest BCUT2D eigenvalue weighted by Crippen LogP contribution is -2.27. The van der Waals surface area contributed by atoms with Crippen molar-refractivity contribution >= 4 is 41.2 Å². The number of nitrogens with one attached hydrogen (secondary N) is 2. The molecule has 2 heterocycles. The fourth-order valence-electron chi connectivity index (χ4n) is 2.30. The quantitative estimate of drug-likeness (QED) is 0.580. The summed E-state index contributed by atoms with van der Waals surface area (Å²) in [6.07, 6.45) is 4.75. The summed E-state index contributed by atoms with van der Waals surface area (Å²) in [6, 6.07) is 12.2. The molecular formula is C19H20N4OS2. The molecule has 0 radical (unpaired) electrons. The van der Waals surface area contributed by atoms with E-state index in [9.17, 15) is 4.79 Å². The van der Waals surface area contributed by atoms with E-state index in [4.69, 9.17) is 0 Å². The lowest BCUT2D eigenvalue weighted by Gasteiger charge is -2.02. The van der Waals surface area contributed by atoms with Crippen molar-refractivity contribution in [3.05, 3.63) is 63.6 Å². The van der Waals surface area contributed by atoms with Crippen LogP contribution in [0.4, 0.5) is 0 Å². The molecule has 1 aromatic carbocycles. The molecule has 5 nitrogen and oxygen atoms in total. The van der Waals surface area contributed by atoms with Gasteiger partial charge in [0.15, 0.2) is 0 Å². The third-order valence-corrected chi connectivity index (χ3v) is 5.48. The molecule has 26 heavy (non-hydrogen) atoms. The highest BCUT2D eigenvalue weighted by Gasteiger charge is 2.06. The second-order valence-corrected chi connectivity index (χ2v) is 7.64. The minimum absolute atomic E-state index is 0.00615. The number of aryl methyl sites for hydroxylation is 1. The number of H-pyrrole nitrogens is 1. The predicted molar refractivity (Wildman–Crippen MR) is 108 cm³/mol. The molecule has 0 saturated carbocycles. The van der Waals surface area contributed by atoms with Gasteiger partial charge in [-0.05, 0) is 42.0 Å². The number of benzene rings is 1. The summed E-state index contributed by atoms with van der Waals surface area (Å²) >= 11 is 3.03. The third-order valence-electron chi connectivity index (χ3n) is 3.70. The normalized spacial score (nSPS) is 11.1. The van der Waals surface area contributed by atoms with Gasteiger partial charge < -0.3 is 5.32 Å². The highest BCUT2D eigenvalue weighted by molar-refractivity contribution is 7.99. The molecular weight excluding hydrogens is 364 g/mol. The fraction of sp³-hybridized carbons (Fsp3) is 0.211. The zero-order valence-corrected chi connectivity index (χ0v) is 16.1. The van der Waals surface area contributed by atoms with Gasteiger partial charge >= 0.3 is 0 Å². The Morgan fingerprint density at radius 2 is 2.15 bits per heavy atom. The van der Waals surface area contributed by atoms with Crippen LogP contribution in [0.1, 0.15) is 21.8 Å². The molecule has 0 saturated heterocycles. The monoisotopic (exact) mass is 384 g/mol. The zero-order valence-electron chi connectivity index (χ0n) is 14.4. The maximum Gasteiger partial charge on any atom is 0.230 e. The molecule has 2 N–H and O–H groups in total. The Kier molecular flexibility index (Phi) is 6.62. The van der Waals surface area contributed by atoms with Gasteiger partial charge in [0.25, 0.3) is 0 Å². The number of thiophene rings is 1. The van der Waals surface area contributed by atoms with Crippen LogP contribution in [0, 0.1) is 6.92 Å². The second-order valence-electron chi connectivity index (χ2n) is 5.66. The molecule has 0 fully saturated rings. The lowest BCUT2D eigenvalue weighted by molar-refractivity contribution is -0.118. The van der Waals surface area contributed by atoms with E-state index < -0.39 is 0 Å².